The summed E-state index contributed by atoms with van der Waals surface area (Å²) < 4.78 is 26.2. The van der Waals surface area contributed by atoms with Crippen molar-refractivity contribution >= 4 is 23.9 Å². The number of hydrogen-bond acceptors (Lipinski definition) is 9. The van der Waals surface area contributed by atoms with Crippen molar-refractivity contribution in [2.75, 3.05) is 13.7 Å². The Morgan fingerprint density at radius 1 is 0.760 bits per heavy atom. The van der Waals surface area contributed by atoms with E-state index in [1.807, 2.05) is 0 Å². The SMILES string of the molecule is CO[C@H]1C[C@H](OC(C)=O)[C@H](OC(C)=O)[C@H](OC(C)=O)[C@@H]1COC(C)=O. The van der Waals surface area contributed by atoms with Gasteiger partial charge in [-0.2, -0.15) is 0 Å². The minimum Gasteiger partial charge on any atom is -0.465 e. The number of carbonyl (C=O) groups excluding carboxylic acids is 4. The molecule has 0 aromatic carbocycles. The van der Waals surface area contributed by atoms with E-state index in [0.29, 0.717) is 0 Å². The highest BCUT2D eigenvalue weighted by Gasteiger charge is 2.51. The van der Waals surface area contributed by atoms with Crippen LogP contribution in [0.25, 0.3) is 0 Å². The molecular weight excluding hydrogens is 336 g/mol. The minimum atomic E-state index is -1.03. The minimum absolute atomic E-state index is 0.101. The van der Waals surface area contributed by atoms with Crippen LogP contribution in [0.4, 0.5) is 0 Å². The fourth-order valence-corrected chi connectivity index (χ4v) is 2.90. The standard InChI is InChI=1S/C16H24O9/c1-8(17)22-7-12-13(21-5)6-14(23-9(2)18)16(25-11(4)20)15(12)24-10(3)19/h12-16H,6-7H2,1-5H3/t12-,13+,14+,15-,16+/m1/s1. The van der Waals surface area contributed by atoms with Crippen LogP contribution >= 0.6 is 0 Å². The maximum Gasteiger partial charge on any atom is 0.303 e. The molecule has 0 N–H and O–H groups in total. The van der Waals surface area contributed by atoms with Gasteiger partial charge in [-0.1, -0.05) is 0 Å². The van der Waals surface area contributed by atoms with Gasteiger partial charge in [-0.25, -0.2) is 0 Å². The van der Waals surface area contributed by atoms with Crippen molar-refractivity contribution in [2.45, 2.75) is 58.5 Å². The smallest absolute Gasteiger partial charge is 0.303 e. The topological polar surface area (TPSA) is 114 Å². The predicted octanol–water partition coefficient (Wildman–Crippen LogP) is 0.380. The zero-order valence-corrected chi connectivity index (χ0v) is 15.0. The maximum absolute atomic E-state index is 11.5. The Labute approximate surface area is 145 Å². The van der Waals surface area contributed by atoms with Crippen LogP contribution in [0.5, 0.6) is 0 Å². The van der Waals surface area contributed by atoms with Gasteiger partial charge in [0.1, 0.15) is 12.7 Å². The Kier molecular flexibility index (Phi) is 7.82. The average molecular weight is 360 g/mol. The van der Waals surface area contributed by atoms with Gasteiger partial charge in [0.15, 0.2) is 12.2 Å². The first-order valence-corrected chi connectivity index (χ1v) is 7.83. The first kappa shape index (κ1) is 20.9. The Morgan fingerprint density at radius 3 is 1.72 bits per heavy atom. The molecule has 5 atom stereocenters. The second-order valence-electron chi connectivity index (χ2n) is 5.77. The molecule has 142 valence electrons. The summed E-state index contributed by atoms with van der Waals surface area (Å²) in [7, 11) is 1.44. The van der Waals surface area contributed by atoms with Crippen LogP contribution in [0, 0.1) is 5.92 Å². The summed E-state index contributed by atoms with van der Waals surface area (Å²) in [5.74, 6) is -2.91. The molecule has 1 aliphatic carbocycles. The van der Waals surface area contributed by atoms with Crippen molar-refractivity contribution in [3.8, 4) is 0 Å². The molecule has 0 unspecified atom stereocenters. The van der Waals surface area contributed by atoms with Gasteiger partial charge in [-0.3, -0.25) is 19.2 Å². The number of hydrogen-bond donors (Lipinski definition) is 0. The molecule has 0 bridgehead atoms. The molecule has 0 aromatic heterocycles. The summed E-state index contributed by atoms with van der Waals surface area (Å²) in [6, 6.07) is 0. The third-order valence-electron chi connectivity index (χ3n) is 3.76. The van der Waals surface area contributed by atoms with E-state index in [0.717, 1.165) is 0 Å². The van der Waals surface area contributed by atoms with E-state index in [9.17, 15) is 19.2 Å². The second-order valence-corrected chi connectivity index (χ2v) is 5.77. The molecule has 1 fully saturated rings. The van der Waals surface area contributed by atoms with Gasteiger partial charge in [-0.05, 0) is 0 Å². The zero-order valence-electron chi connectivity index (χ0n) is 15.0. The van der Waals surface area contributed by atoms with E-state index < -0.39 is 54.2 Å². The Morgan fingerprint density at radius 2 is 1.28 bits per heavy atom. The number of esters is 4. The summed E-state index contributed by atoms with van der Waals surface area (Å²) in [6.07, 6.45) is -3.23. The van der Waals surface area contributed by atoms with Crippen molar-refractivity contribution in [3.05, 3.63) is 0 Å². The predicted molar refractivity (Wildman–Crippen MR) is 82.2 cm³/mol. The van der Waals surface area contributed by atoms with Crippen LogP contribution < -0.4 is 0 Å². The fraction of sp³-hybridized carbons (Fsp3) is 0.750. The number of rotatable bonds is 6. The van der Waals surface area contributed by atoms with Gasteiger partial charge < -0.3 is 23.7 Å². The molecule has 0 spiro atoms. The second kappa shape index (κ2) is 9.36. The third kappa shape index (κ3) is 6.33. The molecule has 0 aromatic rings. The number of ether oxygens (including phenoxy) is 5. The molecule has 1 aliphatic rings. The molecular formula is C16H24O9. The summed E-state index contributed by atoms with van der Waals surface area (Å²) in [4.78, 5) is 45.5. The quantitative estimate of drug-likeness (QED) is 0.490. The van der Waals surface area contributed by atoms with Gasteiger partial charge >= 0.3 is 23.9 Å². The Hall–Kier alpha value is -2.16. The molecule has 0 heterocycles. The molecule has 9 heteroatoms. The van der Waals surface area contributed by atoms with Crippen LogP contribution in [0.3, 0.4) is 0 Å². The summed E-state index contributed by atoms with van der Waals surface area (Å²) >= 11 is 0. The van der Waals surface area contributed by atoms with Gasteiger partial charge in [0, 0.05) is 41.2 Å². The molecule has 9 nitrogen and oxygen atoms in total. The first-order chi connectivity index (χ1) is 11.6. The van der Waals surface area contributed by atoms with Gasteiger partial charge in [0.2, 0.25) is 0 Å². The van der Waals surface area contributed by atoms with E-state index in [-0.39, 0.29) is 13.0 Å². The van der Waals surface area contributed by atoms with E-state index in [4.69, 9.17) is 23.7 Å². The zero-order chi connectivity index (χ0) is 19.1. The lowest BCUT2D eigenvalue weighted by atomic mass is 9.80. The monoisotopic (exact) mass is 360 g/mol. The maximum atomic E-state index is 11.5. The lowest BCUT2D eigenvalue weighted by molar-refractivity contribution is -0.215. The highest BCUT2D eigenvalue weighted by Crippen LogP contribution is 2.34. The third-order valence-corrected chi connectivity index (χ3v) is 3.76. The summed E-state index contributed by atoms with van der Waals surface area (Å²) in [6.45, 7) is 4.76. The lowest BCUT2D eigenvalue weighted by Gasteiger charge is -2.44. The highest BCUT2D eigenvalue weighted by molar-refractivity contribution is 5.68. The summed E-state index contributed by atoms with van der Waals surface area (Å²) in [5.41, 5.74) is 0. The molecule has 0 aliphatic heterocycles. The van der Waals surface area contributed by atoms with Gasteiger partial charge in [-0.15, -0.1) is 0 Å². The van der Waals surface area contributed by atoms with Crippen molar-refractivity contribution in [1.29, 1.82) is 0 Å². The van der Waals surface area contributed by atoms with Crippen molar-refractivity contribution in [1.82, 2.24) is 0 Å². The Bertz CT molecular complexity index is 516. The van der Waals surface area contributed by atoms with Crippen LogP contribution in [-0.4, -0.2) is 62.0 Å². The van der Waals surface area contributed by atoms with Crippen LogP contribution in [0.1, 0.15) is 34.1 Å². The largest absolute Gasteiger partial charge is 0.465 e. The average Bonchev–Trinajstić information content (AvgIpc) is 2.47. The molecule has 1 rings (SSSR count). The number of carbonyl (C=O) groups is 4. The van der Waals surface area contributed by atoms with Crippen LogP contribution in [0.2, 0.25) is 0 Å². The fourth-order valence-electron chi connectivity index (χ4n) is 2.90. The van der Waals surface area contributed by atoms with Gasteiger partial charge in [0.05, 0.1) is 12.0 Å². The lowest BCUT2D eigenvalue weighted by Crippen LogP contribution is -2.58. The van der Waals surface area contributed by atoms with E-state index in [2.05, 4.69) is 0 Å². The van der Waals surface area contributed by atoms with E-state index in [1.54, 1.807) is 0 Å². The van der Waals surface area contributed by atoms with E-state index in [1.165, 1.54) is 34.8 Å². The first-order valence-electron chi connectivity index (χ1n) is 7.83. The summed E-state index contributed by atoms with van der Waals surface area (Å²) in [5, 5.41) is 0. The molecule has 0 amide bonds. The van der Waals surface area contributed by atoms with Crippen LogP contribution in [0.15, 0.2) is 0 Å². The van der Waals surface area contributed by atoms with Crippen LogP contribution in [-0.2, 0) is 42.9 Å². The molecule has 0 radical (unpaired) electrons. The molecule has 25 heavy (non-hydrogen) atoms. The molecule has 1 saturated carbocycles. The van der Waals surface area contributed by atoms with Crippen molar-refractivity contribution in [3.63, 3.8) is 0 Å². The highest BCUT2D eigenvalue weighted by atomic mass is 16.6. The van der Waals surface area contributed by atoms with E-state index >= 15 is 0 Å². The van der Waals surface area contributed by atoms with Crippen molar-refractivity contribution in [2.24, 2.45) is 5.92 Å². The van der Waals surface area contributed by atoms with Crippen molar-refractivity contribution < 1.29 is 42.9 Å². The van der Waals surface area contributed by atoms with Gasteiger partial charge in [0.25, 0.3) is 0 Å². The number of methoxy groups -OCH3 is 1. The Balaban J connectivity index is 3.19. The molecule has 0 saturated heterocycles. The normalized spacial score (nSPS) is 28.6.